The molecule has 0 spiro atoms. The number of carbonyl (C=O) groups excluding carboxylic acids is 1. The van der Waals surface area contributed by atoms with Gasteiger partial charge in [0.15, 0.2) is 11.6 Å². The second-order valence-corrected chi connectivity index (χ2v) is 10.7. The van der Waals surface area contributed by atoms with Gasteiger partial charge in [-0.15, -0.1) is 0 Å². The highest BCUT2D eigenvalue weighted by Crippen LogP contribution is 2.45. The Bertz CT molecular complexity index is 1440. The van der Waals surface area contributed by atoms with Crippen LogP contribution in [0.3, 0.4) is 0 Å². The van der Waals surface area contributed by atoms with E-state index in [4.69, 9.17) is 18.5 Å². The lowest BCUT2D eigenvalue weighted by Crippen LogP contribution is -2.51. The zero-order valence-electron chi connectivity index (χ0n) is 21.6. The van der Waals surface area contributed by atoms with Crippen molar-refractivity contribution in [3.63, 3.8) is 0 Å². The molecule has 40 heavy (non-hydrogen) atoms. The number of hydrogen-bond donors (Lipinski definition) is 1. The van der Waals surface area contributed by atoms with Crippen LogP contribution in [-0.4, -0.2) is 65.4 Å². The Balaban J connectivity index is 1.52. The number of amides is 1. The lowest BCUT2D eigenvalue weighted by molar-refractivity contribution is -0.252. The van der Waals surface area contributed by atoms with E-state index in [1.54, 1.807) is 9.47 Å². The van der Waals surface area contributed by atoms with Gasteiger partial charge in [0.1, 0.15) is 11.3 Å². The van der Waals surface area contributed by atoms with Crippen LogP contribution in [0, 0.1) is 11.7 Å². The third kappa shape index (κ3) is 5.05. The molecule has 1 saturated carbocycles. The summed E-state index contributed by atoms with van der Waals surface area (Å²) in [5, 5.41) is 9.47. The first-order chi connectivity index (χ1) is 19.1. The lowest BCUT2D eigenvalue weighted by atomic mass is 9.92. The van der Waals surface area contributed by atoms with Gasteiger partial charge in [-0.2, -0.15) is 0 Å². The van der Waals surface area contributed by atoms with Crippen LogP contribution in [0.4, 0.5) is 14.9 Å². The fourth-order valence-corrected chi connectivity index (χ4v) is 6.20. The monoisotopic (exact) mass is 597 g/mol. The number of benzene rings is 1. The number of nitrogens with zero attached hydrogens (tertiary/aromatic N) is 3. The van der Waals surface area contributed by atoms with Crippen LogP contribution in [0.5, 0.6) is 5.75 Å². The molecule has 5 rings (SSSR count). The smallest absolute Gasteiger partial charge is 0.414 e. The molecule has 0 bridgehead atoms. The number of aromatic nitrogens is 1. The van der Waals surface area contributed by atoms with Gasteiger partial charge >= 0.3 is 35.4 Å². The molecule has 3 aliphatic rings. The molecule has 16 heteroatoms. The lowest BCUT2D eigenvalue weighted by Gasteiger charge is -2.37. The minimum absolute atomic E-state index is 0.0411. The Hall–Kier alpha value is -3.18. The summed E-state index contributed by atoms with van der Waals surface area (Å²) in [4.78, 5) is 41.0. The molecule has 1 aromatic carbocycles. The number of anilines is 1. The second-order valence-electron chi connectivity index (χ2n) is 10.1. The van der Waals surface area contributed by atoms with E-state index in [-0.39, 0.29) is 35.3 Å². The van der Waals surface area contributed by atoms with Gasteiger partial charge in [-0.1, -0.05) is 0 Å². The average Bonchev–Trinajstić information content (AvgIpc) is 3.65. The first-order valence-corrected chi connectivity index (χ1v) is 14.0. The predicted octanol–water partition coefficient (Wildman–Crippen LogP) is 4.34. The molecule has 2 saturated heterocycles. The van der Waals surface area contributed by atoms with E-state index in [9.17, 15) is 28.6 Å². The molecule has 1 N–H and O–H groups in total. The van der Waals surface area contributed by atoms with Crippen LogP contribution in [0.15, 0.2) is 17.1 Å². The average molecular weight is 597 g/mol. The summed E-state index contributed by atoms with van der Waals surface area (Å²) in [6, 6.07) is 0.611. The minimum atomic E-state index is -2.16. The molecule has 1 aliphatic carbocycles. The third-order valence-corrected chi connectivity index (χ3v) is 8.40. The van der Waals surface area contributed by atoms with Crippen molar-refractivity contribution in [1.82, 2.24) is 9.47 Å². The fraction of sp³-hybridized carbons (Fsp3) is 0.542. The Morgan fingerprint density at radius 1 is 1.15 bits per heavy atom. The highest BCUT2D eigenvalue weighted by molar-refractivity contribution is 7.18. The quantitative estimate of drug-likeness (QED) is 0.324. The van der Waals surface area contributed by atoms with Crippen molar-refractivity contribution in [2.24, 2.45) is 5.92 Å². The molecule has 1 amide bonds. The number of fused-ring (bicyclic) bond motifs is 2. The maximum absolute atomic E-state index is 15.8. The molecule has 1 aromatic heterocycles. The number of carbonyl (C=O) groups is 2. The Labute approximate surface area is 230 Å². The predicted molar refractivity (Wildman–Crippen MR) is 138 cm³/mol. The number of methoxy groups -OCH3 is 1. The maximum Gasteiger partial charge on any atom is 0.414 e. The summed E-state index contributed by atoms with van der Waals surface area (Å²) >= 11 is 0. The van der Waals surface area contributed by atoms with Crippen LogP contribution in [0.25, 0.3) is 10.9 Å². The summed E-state index contributed by atoms with van der Waals surface area (Å²) in [7, 11) is -0.341. The number of hydrogen-bond acceptors (Lipinski definition) is 10. The van der Waals surface area contributed by atoms with Gasteiger partial charge in [0.05, 0.1) is 24.1 Å². The second kappa shape index (κ2) is 11.0. The highest BCUT2D eigenvalue weighted by atomic mass is 31.1. The normalized spacial score (nSPS) is 22.4. The van der Waals surface area contributed by atoms with Crippen LogP contribution < -0.4 is 15.1 Å². The summed E-state index contributed by atoms with van der Waals surface area (Å²) in [6.07, 6.45) is 3.39. The van der Waals surface area contributed by atoms with Crippen molar-refractivity contribution in [2.75, 3.05) is 31.6 Å². The van der Waals surface area contributed by atoms with Crippen molar-refractivity contribution in [3.8, 4) is 5.75 Å². The molecular formula is C24H26FN3O10P2. The van der Waals surface area contributed by atoms with Crippen LogP contribution in [0.2, 0.25) is 0 Å². The molecule has 2 atom stereocenters. The van der Waals surface area contributed by atoms with Crippen molar-refractivity contribution < 1.29 is 46.7 Å². The largest absolute Gasteiger partial charge is 0.492 e. The zero-order chi connectivity index (χ0) is 28.8. The minimum Gasteiger partial charge on any atom is -0.492 e. The number of pyridine rings is 1. The Kier molecular flexibility index (Phi) is 7.80. The van der Waals surface area contributed by atoms with Crippen LogP contribution in [-0.2, 0) is 22.9 Å². The van der Waals surface area contributed by atoms with Gasteiger partial charge in [0.25, 0.3) is 0 Å². The van der Waals surface area contributed by atoms with Gasteiger partial charge in [-0.25, -0.2) is 32.2 Å². The summed E-state index contributed by atoms with van der Waals surface area (Å²) in [5.41, 5.74) is -0.806. The van der Waals surface area contributed by atoms with E-state index in [0.29, 0.717) is 25.0 Å². The molecular weight excluding hydrogens is 571 g/mol. The molecule has 13 nitrogen and oxygen atoms in total. The standard InChI is InChI=1S/C24H26FN3O10P2/c1-24(37-39-33,38-40-34)36-23(32)27-7-3-4-12-9-26(11-17(12)27)19-16(25)8-14-18(21(19)35-2)28(13-5-6-13)10-15(20(14)29)22(30)31/h8,10,12-13,17H,3-7,9,11H2,1-2H3,(H,30,31). The number of ether oxygens (including phenoxy) is 2. The van der Waals surface area contributed by atoms with E-state index >= 15 is 4.39 Å². The van der Waals surface area contributed by atoms with E-state index in [0.717, 1.165) is 32.3 Å². The van der Waals surface area contributed by atoms with Crippen LogP contribution in [0.1, 0.15) is 49.0 Å². The number of aromatic carboxylic acids is 1. The number of piperidine rings is 1. The molecule has 2 unspecified atom stereocenters. The van der Waals surface area contributed by atoms with E-state index < -0.39 is 58.3 Å². The summed E-state index contributed by atoms with van der Waals surface area (Å²) in [5.74, 6) is -4.26. The summed E-state index contributed by atoms with van der Waals surface area (Å²) < 4.78 is 59.8. The van der Waals surface area contributed by atoms with Crippen molar-refractivity contribution in [2.45, 2.75) is 50.7 Å². The fourth-order valence-electron chi connectivity index (χ4n) is 5.72. The SMILES string of the molecule is COc1c(N2CC3CCCN(C(=O)OC(C)(OP=O)OP=O)C3C2)c(F)cc2c(=O)c(C(=O)O)cn(C3CC3)c12. The van der Waals surface area contributed by atoms with E-state index in [1.807, 2.05) is 0 Å². The molecule has 2 aliphatic heterocycles. The van der Waals surface area contributed by atoms with E-state index in [1.165, 1.54) is 18.2 Å². The van der Waals surface area contributed by atoms with Gasteiger partial charge in [-0.05, 0) is 37.7 Å². The molecule has 3 fully saturated rings. The van der Waals surface area contributed by atoms with Gasteiger partial charge in [-0.3, -0.25) is 4.79 Å². The maximum atomic E-state index is 15.8. The number of rotatable bonds is 9. The Morgan fingerprint density at radius 2 is 1.85 bits per heavy atom. The molecule has 2 aromatic rings. The zero-order valence-corrected chi connectivity index (χ0v) is 23.4. The Morgan fingerprint density at radius 3 is 2.45 bits per heavy atom. The van der Waals surface area contributed by atoms with Crippen molar-refractivity contribution >= 4 is 46.0 Å². The first kappa shape index (κ1) is 28.4. The first-order valence-electron chi connectivity index (χ1n) is 12.6. The molecule has 214 valence electrons. The highest BCUT2D eigenvalue weighted by Gasteiger charge is 2.45. The van der Waals surface area contributed by atoms with Gasteiger partial charge in [0, 0.05) is 38.8 Å². The number of carboxylic acids is 1. The van der Waals surface area contributed by atoms with Crippen molar-refractivity contribution in [3.05, 3.63) is 33.9 Å². The molecule has 0 radical (unpaired) electrons. The number of carboxylic acid groups (broad SMARTS) is 1. The number of halogens is 1. The van der Waals surface area contributed by atoms with Crippen LogP contribution >= 0.6 is 17.4 Å². The van der Waals surface area contributed by atoms with Gasteiger partial charge in [0.2, 0.25) is 5.43 Å². The number of likely N-dealkylation sites (tertiary alicyclic amines) is 1. The van der Waals surface area contributed by atoms with E-state index in [2.05, 4.69) is 0 Å². The third-order valence-electron chi connectivity index (χ3n) is 7.58. The summed E-state index contributed by atoms with van der Waals surface area (Å²) in [6.45, 7) is 2.05. The molecule has 3 heterocycles. The van der Waals surface area contributed by atoms with Gasteiger partial charge < -0.3 is 28.9 Å². The topological polar surface area (TPSA) is 154 Å². The van der Waals surface area contributed by atoms with Crippen molar-refractivity contribution in [1.29, 1.82) is 0 Å².